The van der Waals surface area contributed by atoms with Gasteiger partial charge >= 0.3 is 0 Å². The van der Waals surface area contributed by atoms with E-state index >= 15 is 0 Å². The molecule has 0 aromatic heterocycles. The Morgan fingerprint density at radius 1 is 1.50 bits per heavy atom. The maximum atomic E-state index is 12.0. The van der Waals surface area contributed by atoms with Crippen LogP contribution in [0.3, 0.4) is 0 Å². The normalized spacial score (nSPS) is 14.6. The van der Waals surface area contributed by atoms with Gasteiger partial charge in [-0.1, -0.05) is 27.6 Å². The maximum Gasteiger partial charge on any atom is 0.224 e. The predicted octanol–water partition coefficient (Wildman–Crippen LogP) is 2.04. The zero-order valence-electron chi connectivity index (χ0n) is 11.5. The number of carbonyl (C=O) groups excluding carboxylic acids is 1. The fraction of sp³-hybridized carbons (Fsp3) is 0.400. The highest BCUT2D eigenvalue weighted by molar-refractivity contribution is 9.10. The Hall–Kier alpha value is -1.33. The Bertz CT molecular complexity index is 515. The van der Waals surface area contributed by atoms with Crippen LogP contribution < -0.4 is 15.4 Å². The van der Waals surface area contributed by atoms with Gasteiger partial charge in [-0.15, -0.1) is 0 Å². The smallest absolute Gasteiger partial charge is 0.224 e. The first-order valence-electron chi connectivity index (χ1n) is 6.67. The first-order chi connectivity index (χ1) is 9.69. The van der Waals surface area contributed by atoms with Crippen LogP contribution >= 0.6 is 15.9 Å². The van der Waals surface area contributed by atoms with Crippen LogP contribution in [-0.2, 0) is 11.2 Å². The third kappa shape index (κ3) is 4.35. The highest BCUT2D eigenvalue weighted by atomic mass is 79.9. The SMILES string of the molecule is COc1ccc(Br)cc1CC(=O)NCC1=CCNCC1. The van der Waals surface area contributed by atoms with Gasteiger partial charge in [0.1, 0.15) is 5.75 Å². The van der Waals surface area contributed by atoms with E-state index in [-0.39, 0.29) is 5.91 Å². The molecule has 20 heavy (non-hydrogen) atoms. The molecule has 1 aliphatic rings. The summed E-state index contributed by atoms with van der Waals surface area (Å²) in [5.41, 5.74) is 2.18. The van der Waals surface area contributed by atoms with Crippen molar-refractivity contribution < 1.29 is 9.53 Å². The van der Waals surface area contributed by atoms with Crippen LogP contribution in [0.5, 0.6) is 5.75 Å². The van der Waals surface area contributed by atoms with Crippen LogP contribution in [0.15, 0.2) is 34.3 Å². The third-order valence-corrected chi connectivity index (χ3v) is 3.76. The quantitative estimate of drug-likeness (QED) is 0.808. The van der Waals surface area contributed by atoms with Crippen molar-refractivity contribution >= 4 is 21.8 Å². The van der Waals surface area contributed by atoms with Crippen molar-refractivity contribution in [1.29, 1.82) is 0 Å². The Kier molecular flexibility index (Phi) is 5.61. The Morgan fingerprint density at radius 2 is 2.35 bits per heavy atom. The summed E-state index contributed by atoms with van der Waals surface area (Å²) in [6.07, 6.45) is 3.47. The molecule has 1 heterocycles. The highest BCUT2D eigenvalue weighted by Crippen LogP contribution is 2.23. The van der Waals surface area contributed by atoms with Gasteiger partial charge in [0.25, 0.3) is 0 Å². The molecule has 2 N–H and O–H groups in total. The average molecular weight is 339 g/mol. The molecular formula is C15H19BrN2O2. The highest BCUT2D eigenvalue weighted by Gasteiger charge is 2.10. The molecule has 0 saturated carbocycles. The summed E-state index contributed by atoms with van der Waals surface area (Å²) < 4.78 is 6.22. The van der Waals surface area contributed by atoms with Crippen molar-refractivity contribution in [2.24, 2.45) is 0 Å². The molecule has 0 atom stereocenters. The fourth-order valence-corrected chi connectivity index (χ4v) is 2.57. The Balaban J connectivity index is 1.90. The number of hydrogen-bond acceptors (Lipinski definition) is 3. The molecule has 0 spiro atoms. The van der Waals surface area contributed by atoms with Crippen molar-refractivity contribution in [3.63, 3.8) is 0 Å². The van der Waals surface area contributed by atoms with E-state index in [0.717, 1.165) is 35.3 Å². The van der Waals surface area contributed by atoms with Gasteiger partial charge in [-0.2, -0.15) is 0 Å². The third-order valence-electron chi connectivity index (χ3n) is 3.26. The summed E-state index contributed by atoms with van der Waals surface area (Å²) in [5, 5.41) is 6.22. The van der Waals surface area contributed by atoms with Gasteiger partial charge in [-0.05, 0) is 31.2 Å². The van der Waals surface area contributed by atoms with Crippen molar-refractivity contribution in [2.75, 3.05) is 26.7 Å². The lowest BCUT2D eigenvalue weighted by Gasteiger charge is -2.15. The minimum Gasteiger partial charge on any atom is -0.496 e. The van der Waals surface area contributed by atoms with E-state index in [1.807, 2.05) is 18.2 Å². The maximum absolute atomic E-state index is 12.0. The van der Waals surface area contributed by atoms with E-state index in [9.17, 15) is 4.79 Å². The van der Waals surface area contributed by atoms with Crippen molar-refractivity contribution in [1.82, 2.24) is 10.6 Å². The van der Waals surface area contributed by atoms with Crippen molar-refractivity contribution in [3.8, 4) is 5.75 Å². The summed E-state index contributed by atoms with van der Waals surface area (Å²) in [6.45, 7) is 2.52. The topological polar surface area (TPSA) is 50.4 Å². The van der Waals surface area contributed by atoms with Crippen LogP contribution in [0.4, 0.5) is 0 Å². The van der Waals surface area contributed by atoms with E-state index < -0.39 is 0 Å². The molecule has 1 aromatic rings. The minimum atomic E-state index is 0.0147. The zero-order valence-corrected chi connectivity index (χ0v) is 13.1. The molecule has 0 fully saturated rings. The number of benzene rings is 1. The lowest BCUT2D eigenvalue weighted by atomic mass is 10.1. The van der Waals surface area contributed by atoms with Gasteiger partial charge in [0, 0.05) is 23.1 Å². The van der Waals surface area contributed by atoms with Gasteiger partial charge in [0.2, 0.25) is 5.91 Å². The predicted molar refractivity (Wildman–Crippen MR) is 83.0 cm³/mol. The largest absolute Gasteiger partial charge is 0.496 e. The minimum absolute atomic E-state index is 0.0147. The Morgan fingerprint density at radius 3 is 3.05 bits per heavy atom. The van der Waals surface area contributed by atoms with Crippen molar-refractivity contribution in [3.05, 3.63) is 39.9 Å². The standard InChI is InChI=1S/C15H19BrN2O2/c1-20-14-3-2-13(16)8-12(14)9-15(19)18-10-11-4-6-17-7-5-11/h2-4,8,17H,5-7,9-10H2,1H3,(H,18,19). The molecule has 4 nitrogen and oxygen atoms in total. The first-order valence-corrected chi connectivity index (χ1v) is 7.46. The monoisotopic (exact) mass is 338 g/mol. The molecular weight excluding hydrogens is 320 g/mol. The van der Waals surface area contributed by atoms with Gasteiger partial charge in [0.15, 0.2) is 0 Å². The van der Waals surface area contributed by atoms with Crippen LogP contribution in [-0.4, -0.2) is 32.7 Å². The van der Waals surface area contributed by atoms with Crippen LogP contribution in [0, 0.1) is 0 Å². The molecule has 0 radical (unpaired) electrons. The number of hydrogen-bond donors (Lipinski definition) is 2. The zero-order chi connectivity index (χ0) is 14.4. The second kappa shape index (κ2) is 7.45. The lowest BCUT2D eigenvalue weighted by Crippen LogP contribution is -2.30. The number of nitrogens with one attached hydrogen (secondary N) is 2. The van der Waals surface area contributed by atoms with Gasteiger partial charge in [-0.25, -0.2) is 0 Å². The van der Waals surface area contributed by atoms with Gasteiger partial charge in [-0.3, -0.25) is 4.79 Å². The molecule has 0 aliphatic carbocycles. The second-order valence-corrected chi connectivity index (χ2v) is 5.64. The number of rotatable bonds is 5. The number of methoxy groups -OCH3 is 1. The number of halogens is 1. The van der Waals surface area contributed by atoms with E-state index in [1.165, 1.54) is 5.57 Å². The number of ether oxygens (including phenoxy) is 1. The molecule has 108 valence electrons. The summed E-state index contributed by atoms with van der Waals surface area (Å²) >= 11 is 3.41. The second-order valence-electron chi connectivity index (χ2n) is 4.73. The average Bonchev–Trinajstić information content (AvgIpc) is 2.46. The fourth-order valence-electron chi connectivity index (χ4n) is 2.16. The molecule has 0 unspecified atom stereocenters. The molecule has 0 bridgehead atoms. The number of amides is 1. The van der Waals surface area contributed by atoms with Crippen molar-refractivity contribution in [2.45, 2.75) is 12.8 Å². The number of carbonyl (C=O) groups is 1. The first kappa shape index (κ1) is 15.1. The van der Waals surface area contributed by atoms with Gasteiger partial charge in [0.05, 0.1) is 13.5 Å². The summed E-state index contributed by atoms with van der Waals surface area (Å²) in [6, 6.07) is 5.68. The van der Waals surface area contributed by atoms with Crippen LogP contribution in [0.2, 0.25) is 0 Å². The van der Waals surface area contributed by atoms with Crippen LogP contribution in [0.1, 0.15) is 12.0 Å². The van der Waals surface area contributed by atoms with E-state index in [0.29, 0.717) is 13.0 Å². The molecule has 1 aliphatic heterocycles. The van der Waals surface area contributed by atoms with E-state index in [2.05, 4.69) is 32.6 Å². The molecule has 2 rings (SSSR count). The summed E-state index contributed by atoms with van der Waals surface area (Å²) in [4.78, 5) is 12.0. The molecule has 0 saturated heterocycles. The lowest BCUT2D eigenvalue weighted by molar-refractivity contribution is -0.120. The molecule has 1 amide bonds. The van der Waals surface area contributed by atoms with E-state index in [4.69, 9.17) is 4.74 Å². The van der Waals surface area contributed by atoms with Gasteiger partial charge < -0.3 is 15.4 Å². The van der Waals surface area contributed by atoms with Crippen LogP contribution in [0.25, 0.3) is 0 Å². The molecule has 1 aromatic carbocycles. The Labute approximate surface area is 127 Å². The molecule has 5 heteroatoms. The summed E-state index contributed by atoms with van der Waals surface area (Å²) in [5.74, 6) is 0.755. The van der Waals surface area contributed by atoms with E-state index in [1.54, 1.807) is 7.11 Å². The summed E-state index contributed by atoms with van der Waals surface area (Å²) in [7, 11) is 1.62.